The molecule has 1 aromatic heterocycles. The van der Waals surface area contributed by atoms with E-state index in [0.717, 1.165) is 12.8 Å². The van der Waals surface area contributed by atoms with Crippen LogP contribution in [-0.4, -0.2) is 58.7 Å². The third-order valence-corrected chi connectivity index (χ3v) is 5.58. The number of fused-ring (bicyclic) bond motifs is 2. The number of hydrogen-bond acceptors (Lipinski definition) is 7. The maximum atomic E-state index is 12.5. The predicted octanol–water partition coefficient (Wildman–Crippen LogP) is -0.130. The Morgan fingerprint density at radius 1 is 1.37 bits per heavy atom. The van der Waals surface area contributed by atoms with E-state index in [0.29, 0.717) is 29.4 Å². The van der Waals surface area contributed by atoms with Crippen molar-refractivity contribution in [2.75, 3.05) is 6.54 Å². The second kappa shape index (κ2) is 6.35. The van der Waals surface area contributed by atoms with Crippen LogP contribution in [0.3, 0.4) is 0 Å². The number of nitrogens with two attached hydrogens (primary N) is 2. The number of urea groups is 1. The lowest BCUT2D eigenvalue weighted by molar-refractivity contribution is -0.0317. The van der Waals surface area contributed by atoms with Gasteiger partial charge in [-0.05, 0) is 25.7 Å². The Labute approximate surface area is 155 Å². The average molecular weight is 400 g/mol. The molecule has 0 unspecified atom stereocenters. The molecule has 2 saturated heterocycles. The summed E-state index contributed by atoms with van der Waals surface area (Å²) in [4.78, 5) is 18.0. The number of piperidine rings is 1. The van der Waals surface area contributed by atoms with E-state index < -0.39 is 22.5 Å². The minimum Gasteiger partial charge on any atom is -0.370 e. The number of guanidine groups is 1. The van der Waals surface area contributed by atoms with Gasteiger partial charge in [0, 0.05) is 18.5 Å². The normalized spacial score (nSPS) is 30.3. The van der Waals surface area contributed by atoms with Gasteiger partial charge in [0.1, 0.15) is 11.5 Å². The van der Waals surface area contributed by atoms with Crippen molar-refractivity contribution >= 4 is 22.4 Å². The van der Waals surface area contributed by atoms with Gasteiger partial charge in [-0.25, -0.2) is 4.79 Å². The molecule has 5 N–H and O–H groups in total. The fourth-order valence-corrected chi connectivity index (χ4v) is 4.32. The second-order valence-electron chi connectivity index (χ2n) is 7.04. The minimum atomic E-state index is -4.76. The first-order valence-electron chi connectivity index (χ1n) is 8.53. The monoisotopic (exact) mass is 400 g/mol. The summed E-state index contributed by atoms with van der Waals surface area (Å²) in [6, 6.07) is 0.501. The molecule has 2 aliphatic heterocycles. The summed E-state index contributed by atoms with van der Waals surface area (Å²) in [5.74, 6) is 0.953. The first-order chi connectivity index (χ1) is 12.7. The summed E-state index contributed by atoms with van der Waals surface area (Å²) in [7, 11) is -4.76. The van der Waals surface area contributed by atoms with Crippen LogP contribution in [0.2, 0.25) is 0 Å². The van der Waals surface area contributed by atoms with E-state index in [2.05, 4.69) is 14.4 Å². The summed E-state index contributed by atoms with van der Waals surface area (Å²) in [6.45, 7) is 0.289. The van der Waals surface area contributed by atoms with Gasteiger partial charge in [-0.3, -0.25) is 9.55 Å². The van der Waals surface area contributed by atoms with Crippen LogP contribution in [-0.2, 0) is 14.7 Å². The second-order valence-corrected chi connectivity index (χ2v) is 8.04. The molecule has 27 heavy (non-hydrogen) atoms. The van der Waals surface area contributed by atoms with Crippen LogP contribution in [0, 0.1) is 0 Å². The molecule has 3 aliphatic rings. The minimum absolute atomic E-state index is 0.0673. The first-order valence-corrected chi connectivity index (χ1v) is 9.90. The van der Waals surface area contributed by atoms with Crippen LogP contribution in [0.25, 0.3) is 0 Å². The number of hydroxylamine groups is 2. The van der Waals surface area contributed by atoms with Gasteiger partial charge in [0.2, 0.25) is 0 Å². The highest BCUT2D eigenvalue weighted by molar-refractivity contribution is 7.80. The molecule has 1 aromatic rings. The summed E-state index contributed by atoms with van der Waals surface area (Å²) >= 11 is 0. The number of nitrogens with zero attached hydrogens (tertiary/aromatic N) is 4. The Morgan fingerprint density at radius 3 is 2.78 bits per heavy atom. The molecule has 0 aromatic carbocycles. The molecule has 4 rings (SSSR count). The van der Waals surface area contributed by atoms with Crippen molar-refractivity contribution in [2.24, 2.45) is 16.5 Å². The lowest BCUT2D eigenvalue weighted by Gasteiger charge is -2.30. The number of rotatable bonds is 5. The Kier molecular flexibility index (Phi) is 4.24. The summed E-state index contributed by atoms with van der Waals surface area (Å²) in [5, 5.41) is 4.81. The van der Waals surface area contributed by atoms with Crippen LogP contribution in [0.1, 0.15) is 49.1 Å². The van der Waals surface area contributed by atoms with E-state index in [1.807, 2.05) is 6.07 Å². The highest BCUT2D eigenvalue weighted by Crippen LogP contribution is 2.42. The highest BCUT2D eigenvalue weighted by atomic mass is 32.3. The van der Waals surface area contributed by atoms with Crippen LogP contribution >= 0.6 is 0 Å². The van der Waals surface area contributed by atoms with Gasteiger partial charge in [-0.2, -0.15) is 13.5 Å². The van der Waals surface area contributed by atoms with Gasteiger partial charge in [-0.15, -0.1) is 4.28 Å². The molecule has 148 valence electrons. The number of hydrogen-bond donors (Lipinski definition) is 3. The predicted molar refractivity (Wildman–Crippen MR) is 90.4 cm³/mol. The topological polar surface area (TPSA) is 178 Å². The lowest BCUT2D eigenvalue weighted by Crippen LogP contribution is -2.35. The number of amides is 2. The van der Waals surface area contributed by atoms with Crippen molar-refractivity contribution in [2.45, 2.75) is 49.7 Å². The van der Waals surface area contributed by atoms with Gasteiger partial charge >= 0.3 is 16.4 Å². The van der Waals surface area contributed by atoms with Crippen LogP contribution < -0.4 is 11.5 Å². The van der Waals surface area contributed by atoms with Crippen molar-refractivity contribution in [1.29, 1.82) is 0 Å². The van der Waals surface area contributed by atoms with E-state index in [9.17, 15) is 13.2 Å². The van der Waals surface area contributed by atoms with Crippen LogP contribution in [0.4, 0.5) is 4.79 Å². The summed E-state index contributed by atoms with van der Waals surface area (Å²) in [6.07, 6.45) is 2.62. The van der Waals surface area contributed by atoms with Crippen molar-refractivity contribution in [3.63, 3.8) is 0 Å². The molecule has 2 bridgehead atoms. The van der Waals surface area contributed by atoms with E-state index in [4.69, 9.17) is 20.5 Å². The van der Waals surface area contributed by atoms with Crippen molar-refractivity contribution in [1.82, 2.24) is 15.1 Å². The smallest absolute Gasteiger partial charge is 0.370 e. The molecule has 13 heteroatoms. The van der Waals surface area contributed by atoms with E-state index in [-0.39, 0.29) is 30.5 Å². The number of aliphatic imine (C=N–C) groups is 1. The van der Waals surface area contributed by atoms with Gasteiger partial charge in [-0.1, -0.05) is 5.16 Å². The van der Waals surface area contributed by atoms with Crippen LogP contribution in [0.15, 0.2) is 15.6 Å². The molecule has 3 heterocycles. The third kappa shape index (κ3) is 3.44. The number of carbonyl (C=O) groups excluding carboxylic acids is 1. The molecule has 12 nitrogen and oxygen atoms in total. The van der Waals surface area contributed by atoms with Gasteiger partial charge < -0.3 is 20.9 Å². The Bertz CT molecular complexity index is 874. The standard InChI is InChI=1S/C14H20N6O6S/c15-13(16)17-8-3-7(4-8)12-5-10(18-25-12)11-2-1-9-6-19(11)14(21)20(9)26-27(22,23)24/h5,7-9,11H,1-4,6H2,(H4,15,16,17)(H,22,23,24)/t7?,8?,9-,11-/m0/s1. The van der Waals surface area contributed by atoms with Crippen molar-refractivity contribution < 1.29 is 26.6 Å². The Hall–Kier alpha value is -2.38. The number of aromatic nitrogens is 1. The highest BCUT2D eigenvalue weighted by Gasteiger charge is 2.48. The fourth-order valence-electron chi connectivity index (χ4n) is 3.93. The maximum Gasteiger partial charge on any atom is 0.418 e. The van der Waals surface area contributed by atoms with Gasteiger partial charge in [0.15, 0.2) is 5.96 Å². The average Bonchev–Trinajstić information content (AvgIpc) is 3.10. The molecule has 0 spiro atoms. The summed E-state index contributed by atoms with van der Waals surface area (Å²) in [5.41, 5.74) is 11.4. The zero-order valence-electron chi connectivity index (χ0n) is 14.3. The van der Waals surface area contributed by atoms with E-state index >= 15 is 0 Å². The van der Waals surface area contributed by atoms with Gasteiger partial charge in [0.05, 0.1) is 18.1 Å². The zero-order valence-corrected chi connectivity index (χ0v) is 15.1. The molecule has 1 saturated carbocycles. The first kappa shape index (κ1) is 18.0. The zero-order chi connectivity index (χ0) is 19.3. The Morgan fingerprint density at radius 2 is 2.11 bits per heavy atom. The summed E-state index contributed by atoms with van der Waals surface area (Å²) < 4.78 is 40.6. The molecule has 1 aliphatic carbocycles. The van der Waals surface area contributed by atoms with E-state index in [1.54, 1.807) is 0 Å². The molecule has 2 atom stereocenters. The molecular formula is C14H20N6O6S. The lowest BCUT2D eigenvalue weighted by atomic mass is 9.79. The quantitative estimate of drug-likeness (QED) is 0.345. The maximum absolute atomic E-state index is 12.5. The van der Waals surface area contributed by atoms with Gasteiger partial charge in [0.25, 0.3) is 0 Å². The molecular weight excluding hydrogens is 380 g/mol. The van der Waals surface area contributed by atoms with Crippen molar-refractivity contribution in [3.8, 4) is 0 Å². The van der Waals surface area contributed by atoms with E-state index in [1.165, 1.54) is 4.90 Å². The van der Waals surface area contributed by atoms with Crippen LogP contribution in [0.5, 0.6) is 0 Å². The number of carbonyl (C=O) groups is 1. The third-order valence-electron chi connectivity index (χ3n) is 5.23. The van der Waals surface area contributed by atoms with Crippen molar-refractivity contribution in [3.05, 3.63) is 17.5 Å². The SMILES string of the molecule is NC(N)=NC1CC(c2cc([C@@H]3CC[C@H]4CN3C(=O)N4OS(=O)(=O)O)no2)C1. The Balaban J connectivity index is 1.44. The molecule has 2 amide bonds. The largest absolute Gasteiger partial charge is 0.418 e. The molecule has 0 radical (unpaired) electrons. The fraction of sp³-hybridized carbons (Fsp3) is 0.643. The molecule has 3 fully saturated rings.